The second kappa shape index (κ2) is 13.8. The molecule has 0 saturated carbocycles. The molecule has 0 aliphatic heterocycles. The number of imidazole rings is 1. The molecule has 0 saturated heterocycles. The number of carbonyl (C=O) groups excluding carboxylic acids is 2. The van der Waals surface area contributed by atoms with Crippen LogP contribution >= 0.6 is 0 Å². The third-order valence-electron chi connectivity index (χ3n) is 6.62. The van der Waals surface area contributed by atoms with Gasteiger partial charge in [0.15, 0.2) is 5.82 Å². The molecule has 1 aromatic heterocycles. The first-order valence-electron chi connectivity index (χ1n) is 13.5. The Bertz CT molecular complexity index is 1400. The van der Waals surface area contributed by atoms with Crippen LogP contribution in [-0.2, 0) is 20.9 Å². The topological polar surface area (TPSA) is 130 Å². The van der Waals surface area contributed by atoms with E-state index in [0.29, 0.717) is 5.82 Å². The summed E-state index contributed by atoms with van der Waals surface area (Å²) in [4.78, 5) is 30.4. The smallest absolute Gasteiger partial charge is 0.250 e. The molecule has 0 bridgehead atoms. The molecule has 4 rings (SSSR count). The first-order valence-corrected chi connectivity index (χ1v) is 13.5. The van der Waals surface area contributed by atoms with Crippen molar-refractivity contribution in [2.45, 2.75) is 38.1 Å². The summed E-state index contributed by atoms with van der Waals surface area (Å²) in [6.07, 6.45) is 3.39. The van der Waals surface area contributed by atoms with Crippen LogP contribution < -0.4 is 25.8 Å². The number of nitrogens with two attached hydrogens (primary N) is 1. The number of aromatic nitrogens is 2. The molecular formula is C32H37N5O5. The van der Waals surface area contributed by atoms with E-state index in [1.807, 2.05) is 83.4 Å². The zero-order valence-electron chi connectivity index (χ0n) is 24.2. The molecule has 0 aliphatic carbocycles. The number of anilines is 1. The van der Waals surface area contributed by atoms with Crippen LogP contribution in [0.25, 0.3) is 0 Å². The van der Waals surface area contributed by atoms with Gasteiger partial charge in [0.2, 0.25) is 5.91 Å². The van der Waals surface area contributed by atoms with Gasteiger partial charge in [0.05, 0.1) is 45.3 Å². The first-order chi connectivity index (χ1) is 20.2. The summed E-state index contributed by atoms with van der Waals surface area (Å²) in [5.41, 5.74) is 7.71. The third-order valence-corrected chi connectivity index (χ3v) is 6.62. The molecule has 42 heavy (non-hydrogen) atoms. The van der Waals surface area contributed by atoms with Crippen molar-refractivity contribution >= 4 is 17.6 Å². The molecular weight excluding hydrogens is 534 g/mol. The van der Waals surface area contributed by atoms with Gasteiger partial charge in [0, 0.05) is 6.20 Å². The fraction of sp³-hybridized carbons (Fsp3) is 0.281. The Kier molecular flexibility index (Phi) is 9.95. The molecule has 4 aromatic rings. The Hall–Kier alpha value is -4.67. The number of rotatable bonds is 13. The van der Waals surface area contributed by atoms with Gasteiger partial charge in [0.25, 0.3) is 5.91 Å². The van der Waals surface area contributed by atoms with Gasteiger partial charge in [0.1, 0.15) is 17.5 Å². The lowest BCUT2D eigenvalue weighted by atomic mass is 9.98. The quantitative estimate of drug-likeness (QED) is 0.222. The fourth-order valence-corrected chi connectivity index (χ4v) is 4.26. The molecule has 1 heterocycles. The lowest BCUT2D eigenvalue weighted by molar-refractivity contribution is -0.130. The highest BCUT2D eigenvalue weighted by Crippen LogP contribution is 2.30. The fourth-order valence-electron chi connectivity index (χ4n) is 4.26. The largest absolute Gasteiger partial charge is 0.497 e. The van der Waals surface area contributed by atoms with Crippen LogP contribution in [-0.4, -0.2) is 53.8 Å². The Morgan fingerprint density at radius 1 is 0.905 bits per heavy atom. The molecule has 0 radical (unpaired) electrons. The van der Waals surface area contributed by atoms with Crippen LogP contribution in [0.4, 0.5) is 5.82 Å². The summed E-state index contributed by atoms with van der Waals surface area (Å²) >= 11 is 0. The summed E-state index contributed by atoms with van der Waals surface area (Å²) in [6.45, 7) is 3.38. The Balaban J connectivity index is 1.54. The minimum atomic E-state index is -1.18. The average Bonchev–Trinajstić information content (AvgIpc) is 3.45. The minimum Gasteiger partial charge on any atom is -0.497 e. The van der Waals surface area contributed by atoms with E-state index in [2.05, 4.69) is 15.6 Å². The number of hydrogen-bond acceptors (Lipinski definition) is 7. The van der Waals surface area contributed by atoms with Crippen molar-refractivity contribution in [2.75, 3.05) is 26.1 Å². The van der Waals surface area contributed by atoms with Crippen LogP contribution in [0.2, 0.25) is 0 Å². The Morgan fingerprint density at radius 2 is 1.48 bits per heavy atom. The average molecular weight is 572 g/mol. The number of nitrogens with zero attached hydrogens (tertiary/aromatic N) is 2. The van der Waals surface area contributed by atoms with Gasteiger partial charge >= 0.3 is 0 Å². The van der Waals surface area contributed by atoms with Crippen molar-refractivity contribution < 1.29 is 23.8 Å². The number of ether oxygens (including phenoxy) is 3. The highest BCUT2D eigenvalue weighted by molar-refractivity contribution is 5.98. The maximum absolute atomic E-state index is 13.4. The lowest BCUT2D eigenvalue weighted by Gasteiger charge is -2.23. The standard InChI is InChI=1S/C32H37N5O5/c1-32(2,33)31(39)35-27(20-42-19-22-8-6-5-7-9-22)30(38)36-28-18-37(21-34-28)29(23-10-14-25(40-3)15-11-23)24-12-16-26(41-4)17-13-24/h5-18,21,27,29H,19-20,33H2,1-4H3,(H,35,39)(H,36,38). The van der Waals surface area contributed by atoms with E-state index < -0.39 is 23.4 Å². The van der Waals surface area contributed by atoms with Crippen LogP contribution in [0.5, 0.6) is 11.5 Å². The number of carbonyl (C=O) groups is 2. The van der Waals surface area contributed by atoms with E-state index in [-0.39, 0.29) is 19.3 Å². The predicted octanol–water partition coefficient (Wildman–Crippen LogP) is 3.92. The molecule has 1 atom stereocenters. The van der Waals surface area contributed by atoms with Crippen LogP contribution in [0.1, 0.15) is 36.6 Å². The molecule has 3 aromatic carbocycles. The van der Waals surface area contributed by atoms with Crippen LogP contribution in [0.3, 0.4) is 0 Å². The molecule has 0 aliphatic rings. The number of hydrogen-bond donors (Lipinski definition) is 3. The van der Waals surface area contributed by atoms with E-state index in [0.717, 1.165) is 28.2 Å². The summed E-state index contributed by atoms with van der Waals surface area (Å²) in [6, 6.07) is 23.8. The highest BCUT2D eigenvalue weighted by atomic mass is 16.5. The summed E-state index contributed by atoms with van der Waals surface area (Å²) < 4.78 is 18.4. The number of amides is 2. The van der Waals surface area contributed by atoms with E-state index >= 15 is 0 Å². The molecule has 2 amide bonds. The molecule has 1 unspecified atom stereocenters. The zero-order chi connectivity index (χ0) is 30.1. The molecule has 4 N–H and O–H groups in total. The number of benzene rings is 3. The molecule has 220 valence electrons. The molecule has 10 nitrogen and oxygen atoms in total. The summed E-state index contributed by atoms with van der Waals surface area (Å²) in [5.74, 6) is 0.858. The van der Waals surface area contributed by atoms with E-state index in [9.17, 15) is 9.59 Å². The normalized spacial score (nSPS) is 12.0. The Morgan fingerprint density at radius 3 is 2.00 bits per heavy atom. The van der Waals surface area contributed by atoms with Crippen molar-refractivity contribution in [3.05, 3.63) is 108 Å². The zero-order valence-corrected chi connectivity index (χ0v) is 24.2. The lowest BCUT2D eigenvalue weighted by Crippen LogP contribution is -2.56. The van der Waals surface area contributed by atoms with Crippen LogP contribution in [0, 0.1) is 0 Å². The predicted molar refractivity (Wildman–Crippen MR) is 160 cm³/mol. The molecule has 10 heteroatoms. The van der Waals surface area contributed by atoms with Gasteiger partial charge in [-0.05, 0) is 54.8 Å². The molecule has 0 spiro atoms. The van der Waals surface area contributed by atoms with Crippen molar-refractivity contribution in [1.82, 2.24) is 14.9 Å². The van der Waals surface area contributed by atoms with E-state index in [1.165, 1.54) is 0 Å². The van der Waals surface area contributed by atoms with Gasteiger partial charge in [-0.15, -0.1) is 0 Å². The maximum Gasteiger partial charge on any atom is 0.250 e. The second-order valence-corrected chi connectivity index (χ2v) is 10.4. The van der Waals surface area contributed by atoms with Gasteiger partial charge in [-0.3, -0.25) is 9.59 Å². The maximum atomic E-state index is 13.4. The SMILES string of the molecule is COc1ccc(C(c2ccc(OC)cc2)n2cnc(NC(=O)C(COCc3ccccc3)NC(=O)C(C)(C)N)c2)cc1. The van der Waals surface area contributed by atoms with Crippen molar-refractivity contribution in [1.29, 1.82) is 0 Å². The van der Waals surface area contributed by atoms with Crippen molar-refractivity contribution in [3.8, 4) is 11.5 Å². The Labute approximate surface area is 245 Å². The first kappa shape index (κ1) is 30.3. The summed E-state index contributed by atoms with van der Waals surface area (Å²) in [7, 11) is 3.25. The van der Waals surface area contributed by atoms with E-state index in [1.54, 1.807) is 40.6 Å². The van der Waals surface area contributed by atoms with Gasteiger partial charge < -0.3 is 35.1 Å². The third kappa shape index (κ3) is 7.96. The highest BCUT2D eigenvalue weighted by Gasteiger charge is 2.29. The van der Waals surface area contributed by atoms with Gasteiger partial charge in [-0.2, -0.15) is 0 Å². The van der Waals surface area contributed by atoms with Gasteiger partial charge in [-0.1, -0.05) is 54.6 Å². The van der Waals surface area contributed by atoms with Crippen molar-refractivity contribution in [3.63, 3.8) is 0 Å². The monoisotopic (exact) mass is 571 g/mol. The number of nitrogens with one attached hydrogen (secondary N) is 2. The van der Waals surface area contributed by atoms with E-state index in [4.69, 9.17) is 19.9 Å². The molecule has 0 fully saturated rings. The minimum absolute atomic E-state index is 0.0520. The summed E-state index contributed by atoms with van der Waals surface area (Å²) in [5, 5.41) is 5.52. The second-order valence-electron chi connectivity index (χ2n) is 10.4. The van der Waals surface area contributed by atoms with Crippen molar-refractivity contribution in [2.24, 2.45) is 5.73 Å². The van der Waals surface area contributed by atoms with Gasteiger partial charge in [-0.25, -0.2) is 4.98 Å². The number of methoxy groups -OCH3 is 2. The van der Waals surface area contributed by atoms with Crippen LogP contribution in [0.15, 0.2) is 91.4 Å².